The zero-order valence-corrected chi connectivity index (χ0v) is 12.7. The van der Waals surface area contributed by atoms with Crippen molar-refractivity contribution >= 4 is 11.6 Å². The first-order valence-corrected chi connectivity index (χ1v) is 7.43. The van der Waals surface area contributed by atoms with Gasteiger partial charge in [-0.3, -0.25) is 0 Å². The summed E-state index contributed by atoms with van der Waals surface area (Å²) in [4.78, 5) is 11.6. The Kier molecular flexibility index (Phi) is 4.61. The second-order valence-corrected chi connectivity index (χ2v) is 5.51. The minimum atomic E-state index is 0.848. The molecule has 4 nitrogen and oxygen atoms in total. The van der Waals surface area contributed by atoms with Gasteiger partial charge in [0.15, 0.2) is 0 Å². The smallest absolute Gasteiger partial charge is 0.137 e. The van der Waals surface area contributed by atoms with Crippen LogP contribution in [0.4, 0.5) is 11.6 Å². The predicted octanol–water partition coefficient (Wildman–Crippen LogP) is 3.15. The van der Waals surface area contributed by atoms with E-state index < -0.39 is 0 Å². The first-order chi connectivity index (χ1) is 9.15. The molecule has 19 heavy (non-hydrogen) atoms. The fourth-order valence-electron chi connectivity index (χ4n) is 2.95. The third kappa shape index (κ3) is 3.17. The topological polar surface area (TPSA) is 41.1 Å². The van der Waals surface area contributed by atoms with E-state index in [1.54, 1.807) is 0 Å². The fraction of sp³-hybridized carbons (Fsp3) is 0.733. The van der Waals surface area contributed by atoms with Gasteiger partial charge in [0.25, 0.3) is 0 Å². The highest BCUT2D eigenvalue weighted by Crippen LogP contribution is 2.27. The molecule has 106 valence electrons. The Morgan fingerprint density at radius 1 is 1.21 bits per heavy atom. The van der Waals surface area contributed by atoms with E-state index in [0.29, 0.717) is 0 Å². The molecule has 1 atom stereocenters. The van der Waals surface area contributed by atoms with Crippen molar-refractivity contribution in [3.05, 3.63) is 11.4 Å². The lowest BCUT2D eigenvalue weighted by Gasteiger charge is -2.24. The van der Waals surface area contributed by atoms with Gasteiger partial charge in [-0.15, -0.1) is 0 Å². The van der Waals surface area contributed by atoms with Gasteiger partial charge >= 0.3 is 0 Å². The van der Waals surface area contributed by atoms with Crippen LogP contribution in [0.25, 0.3) is 0 Å². The van der Waals surface area contributed by atoms with Crippen LogP contribution in [0, 0.1) is 19.8 Å². The molecule has 1 N–H and O–H groups in total. The van der Waals surface area contributed by atoms with Gasteiger partial charge in [0.05, 0.1) is 0 Å². The van der Waals surface area contributed by atoms with E-state index in [2.05, 4.69) is 34.0 Å². The Balaban J connectivity index is 2.23. The van der Waals surface area contributed by atoms with Crippen LogP contribution in [0.1, 0.15) is 44.0 Å². The molecule has 0 radical (unpaired) electrons. The van der Waals surface area contributed by atoms with Crippen molar-refractivity contribution in [1.29, 1.82) is 0 Å². The van der Waals surface area contributed by atoms with Crippen LogP contribution >= 0.6 is 0 Å². The van der Waals surface area contributed by atoms with Gasteiger partial charge in [-0.25, -0.2) is 9.97 Å². The first-order valence-electron chi connectivity index (χ1n) is 7.43. The Labute approximate surface area is 116 Å². The molecule has 1 aliphatic heterocycles. The van der Waals surface area contributed by atoms with Crippen LogP contribution in [0.3, 0.4) is 0 Å². The molecule has 1 aromatic rings. The molecule has 0 saturated carbocycles. The summed E-state index contributed by atoms with van der Waals surface area (Å²) in [5, 5.41) is 3.17. The maximum Gasteiger partial charge on any atom is 0.137 e. The summed E-state index contributed by atoms with van der Waals surface area (Å²) < 4.78 is 0. The van der Waals surface area contributed by atoms with Gasteiger partial charge in [0, 0.05) is 25.7 Å². The molecule has 2 rings (SSSR count). The van der Waals surface area contributed by atoms with E-state index in [4.69, 9.17) is 0 Å². The first kappa shape index (κ1) is 14.1. The van der Waals surface area contributed by atoms with E-state index >= 15 is 0 Å². The average molecular weight is 262 g/mol. The Bertz CT molecular complexity index is 430. The summed E-state index contributed by atoms with van der Waals surface area (Å²) in [5.41, 5.74) is 1.17. The van der Waals surface area contributed by atoms with Gasteiger partial charge in [-0.2, -0.15) is 0 Å². The van der Waals surface area contributed by atoms with Crippen LogP contribution in [0.5, 0.6) is 0 Å². The SMILES string of the molecule is CCC1CCCN(c2nc(C)nc(NC)c2C)CC1. The minimum absolute atomic E-state index is 0.848. The molecule has 1 fully saturated rings. The highest BCUT2D eigenvalue weighted by atomic mass is 15.2. The quantitative estimate of drug-likeness (QED) is 0.908. The summed E-state index contributed by atoms with van der Waals surface area (Å²) >= 11 is 0. The summed E-state index contributed by atoms with van der Waals surface area (Å²) in [5.74, 6) is 3.81. The highest BCUT2D eigenvalue weighted by molar-refractivity contribution is 5.58. The van der Waals surface area contributed by atoms with Gasteiger partial charge < -0.3 is 10.2 Å². The lowest BCUT2D eigenvalue weighted by molar-refractivity contribution is 0.459. The number of hydrogen-bond acceptors (Lipinski definition) is 4. The average Bonchev–Trinajstić information content (AvgIpc) is 2.66. The molecule has 2 heterocycles. The van der Waals surface area contributed by atoms with Crippen LogP contribution in [-0.2, 0) is 0 Å². The van der Waals surface area contributed by atoms with Crippen molar-refractivity contribution < 1.29 is 0 Å². The summed E-state index contributed by atoms with van der Waals surface area (Å²) in [6.45, 7) is 8.63. The maximum absolute atomic E-state index is 4.67. The summed E-state index contributed by atoms with van der Waals surface area (Å²) in [7, 11) is 1.92. The fourth-order valence-corrected chi connectivity index (χ4v) is 2.95. The van der Waals surface area contributed by atoms with E-state index in [0.717, 1.165) is 36.5 Å². The van der Waals surface area contributed by atoms with Crippen LogP contribution in [0.2, 0.25) is 0 Å². The Hall–Kier alpha value is -1.32. The van der Waals surface area contributed by atoms with Crippen molar-refractivity contribution in [2.45, 2.75) is 46.5 Å². The lowest BCUT2D eigenvalue weighted by atomic mass is 9.98. The molecule has 1 aliphatic rings. The predicted molar refractivity (Wildman–Crippen MR) is 80.9 cm³/mol. The van der Waals surface area contributed by atoms with Crippen molar-refractivity contribution in [2.24, 2.45) is 5.92 Å². The molecule has 1 saturated heterocycles. The van der Waals surface area contributed by atoms with E-state index in [1.165, 1.54) is 31.2 Å². The zero-order chi connectivity index (χ0) is 13.8. The molecular formula is C15H26N4. The highest BCUT2D eigenvalue weighted by Gasteiger charge is 2.19. The molecule has 1 unspecified atom stereocenters. The molecule has 0 bridgehead atoms. The van der Waals surface area contributed by atoms with Crippen LogP contribution in [0.15, 0.2) is 0 Å². The molecule has 1 aromatic heterocycles. The molecule has 0 spiro atoms. The van der Waals surface area contributed by atoms with E-state index in [-0.39, 0.29) is 0 Å². The van der Waals surface area contributed by atoms with Gasteiger partial charge in [-0.05, 0) is 39.0 Å². The minimum Gasteiger partial charge on any atom is -0.373 e. The van der Waals surface area contributed by atoms with E-state index in [9.17, 15) is 0 Å². The van der Waals surface area contributed by atoms with Crippen molar-refractivity contribution in [1.82, 2.24) is 9.97 Å². The van der Waals surface area contributed by atoms with E-state index in [1.807, 2.05) is 14.0 Å². The van der Waals surface area contributed by atoms with Gasteiger partial charge in [-0.1, -0.05) is 13.3 Å². The van der Waals surface area contributed by atoms with Crippen molar-refractivity contribution in [3.8, 4) is 0 Å². The molecule has 0 aromatic carbocycles. The monoisotopic (exact) mass is 262 g/mol. The zero-order valence-electron chi connectivity index (χ0n) is 12.7. The largest absolute Gasteiger partial charge is 0.373 e. The normalized spacial score (nSPS) is 20.2. The number of hydrogen-bond donors (Lipinski definition) is 1. The lowest BCUT2D eigenvalue weighted by Crippen LogP contribution is -2.27. The third-order valence-corrected chi connectivity index (χ3v) is 4.19. The maximum atomic E-state index is 4.67. The van der Waals surface area contributed by atoms with Crippen molar-refractivity contribution in [3.63, 3.8) is 0 Å². The van der Waals surface area contributed by atoms with Crippen LogP contribution in [-0.4, -0.2) is 30.1 Å². The Morgan fingerprint density at radius 2 is 2.00 bits per heavy atom. The number of rotatable bonds is 3. The molecule has 4 heteroatoms. The number of nitrogens with one attached hydrogen (secondary N) is 1. The second-order valence-electron chi connectivity index (χ2n) is 5.51. The van der Waals surface area contributed by atoms with Crippen molar-refractivity contribution in [2.75, 3.05) is 30.4 Å². The number of aryl methyl sites for hydroxylation is 1. The Morgan fingerprint density at radius 3 is 2.68 bits per heavy atom. The molecular weight excluding hydrogens is 236 g/mol. The van der Waals surface area contributed by atoms with Crippen LogP contribution < -0.4 is 10.2 Å². The standard InChI is InChI=1S/C15H26N4/c1-5-13-7-6-9-19(10-8-13)15-11(2)14(16-4)17-12(3)18-15/h13H,5-10H2,1-4H3,(H,16,17,18). The number of anilines is 2. The molecule has 0 aliphatic carbocycles. The third-order valence-electron chi connectivity index (χ3n) is 4.19. The van der Waals surface area contributed by atoms with Gasteiger partial charge in [0.2, 0.25) is 0 Å². The number of aromatic nitrogens is 2. The summed E-state index contributed by atoms with van der Waals surface area (Å²) in [6, 6.07) is 0. The second kappa shape index (κ2) is 6.22. The number of nitrogens with zero attached hydrogens (tertiary/aromatic N) is 3. The summed E-state index contributed by atoms with van der Waals surface area (Å²) in [6.07, 6.45) is 5.22. The van der Waals surface area contributed by atoms with Gasteiger partial charge in [0.1, 0.15) is 17.5 Å². The molecule has 0 amide bonds.